The van der Waals surface area contributed by atoms with Crippen LogP contribution in [0.2, 0.25) is 5.02 Å². The van der Waals surface area contributed by atoms with Crippen molar-refractivity contribution < 1.29 is 13.2 Å². The number of piperidine rings is 1. The van der Waals surface area contributed by atoms with E-state index >= 15 is 0 Å². The molecule has 2 aromatic rings. The van der Waals surface area contributed by atoms with Gasteiger partial charge in [0.05, 0.1) is 21.2 Å². The summed E-state index contributed by atoms with van der Waals surface area (Å²) in [5.74, 6) is -0.256. The van der Waals surface area contributed by atoms with Gasteiger partial charge in [0.2, 0.25) is 0 Å². The predicted octanol–water partition coefficient (Wildman–Crippen LogP) is 4.83. The van der Waals surface area contributed by atoms with Crippen molar-refractivity contribution in [1.29, 1.82) is 0 Å². The van der Waals surface area contributed by atoms with E-state index < -0.39 is 10.0 Å². The number of nitrogens with zero attached hydrogens (tertiary/aromatic N) is 1. The third-order valence-electron chi connectivity index (χ3n) is 5.93. The van der Waals surface area contributed by atoms with E-state index in [0.29, 0.717) is 23.8 Å². The van der Waals surface area contributed by atoms with Crippen LogP contribution >= 0.6 is 11.6 Å². The van der Waals surface area contributed by atoms with E-state index in [1.54, 1.807) is 36.4 Å². The van der Waals surface area contributed by atoms with Crippen molar-refractivity contribution in [2.75, 3.05) is 24.4 Å². The maximum Gasteiger partial charge on any atom is 0.261 e. The molecule has 1 heterocycles. The van der Waals surface area contributed by atoms with Gasteiger partial charge < -0.3 is 10.2 Å². The molecule has 1 aliphatic rings. The maximum absolute atomic E-state index is 12.6. The number of aryl methyl sites for hydroxylation is 1. The predicted molar refractivity (Wildman–Crippen MR) is 130 cm³/mol. The van der Waals surface area contributed by atoms with Crippen LogP contribution in [-0.4, -0.2) is 44.9 Å². The maximum atomic E-state index is 12.6. The number of hydrogen-bond donors (Lipinski definition) is 2. The number of halogens is 1. The zero-order chi connectivity index (χ0) is 23.1. The number of hydrogen-bond acceptors (Lipinski definition) is 4. The molecule has 1 saturated heterocycles. The molecule has 0 aromatic heterocycles. The first-order chi connectivity index (χ1) is 15.3. The standard InChI is InChI=1S/C24H32ClN3O3S/c1-3-20-7-4-5-15-28(20)16-6-14-26-24(29)22-13-10-19(17-23(22)25)27-32(30,31)21-11-8-18(2)9-12-21/h8-13,17,20,27H,3-7,14-16H2,1-2H3,(H,26,29)/t20-/m0/s1. The Hall–Kier alpha value is -2.09. The molecule has 2 N–H and O–H groups in total. The second-order valence-corrected chi connectivity index (χ2v) is 10.4. The van der Waals surface area contributed by atoms with Gasteiger partial charge in [0.1, 0.15) is 0 Å². The summed E-state index contributed by atoms with van der Waals surface area (Å²) in [7, 11) is -3.73. The molecule has 0 saturated carbocycles. The Labute approximate surface area is 196 Å². The first-order valence-electron chi connectivity index (χ1n) is 11.2. The minimum Gasteiger partial charge on any atom is -0.352 e. The fourth-order valence-electron chi connectivity index (χ4n) is 4.09. The molecule has 174 valence electrons. The molecule has 32 heavy (non-hydrogen) atoms. The van der Waals surface area contributed by atoms with Crippen LogP contribution in [0.15, 0.2) is 47.4 Å². The second kappa shape index (κ2) is 11.2. The SMILES string of the molecule is CC[C@H]1CCCCN1CCCNC(=O)c1ccc(NS(=O)(=O)c2ccc(C)cc2)cc1Cl. The summed E-state index contributed by atoms with van der Waals surface area (Å²) in [4.78, 5) is 15.2. The normalized spacial score (nSPS) is 17.2. The summed E-state index contributed by atoms with van der Waals surface area (Å²) in [5.41, 5.74) is 1.61. The molecule has 1 fully saturated rings. The third kappa shape index (κ3) is 6.47. The van der Waals surface area contributed by atoms with Crippen LogP contribution in [0.4, 0.5) is 5.69 Å². The number of sulfonamides is 1. The highest BCUT2D eigenvalue weighted by molar-refractivity contribution is 7.92. The molecule has 1 aliphatic heterocycles. The van der Waals surface area contributed by atoms with Crippen molar-refractivity contribution in [2.45, 2.75) is 56.9 Å². The van der Waals surface area contributed by atoms with Crippen LogP contribution in [0.1, 0.15) is 54.9 Å². The van der Waals surface area contributed by atoms with Crippen LogP contribution in [0.3, 0.4) is 0 Å². The van der Waals surface area contributed by atoms with Gasteiger partial charge in [-0.15, -0.1) is 0 Å². The molecule has 1 atom stereocenters. The third-order valence-corrected chi connectivity index (χ3v) is 7.64. The Kier molecular flexibility index (Phi) is 8.57. The van der Waals surface area contributed by atoms with Gasteiger partial charge in [0, 0.05) is 19.1 Å². The van der Waals surface area contributed by atoms with Crippen LogP contribution < -0.4 is 10.0 Å². The van der Waals surface area contributed by atoms with Gasteiger partial charge in [0.25, 0.3) is 15.9 Å². The first kappa shape index (κ1) is 24.6. The first-order valence-corrected chi connectivity index (χ1v) is 13.1. The van der Waals surface area contributed by atoms with Crippen molar-refractivity contribution in [2.24, 2.45) is 0 Å². The molecule has 1 amide bonds. The number of rotatable bonds is 9. The van der Waals surface area contributed by atoms with E-state index in [0.717, 1.165) is 25.1 Å². The van der Waals surface area contributed by atoms with Crippen molar-refractivity contribution in [3.05, 3.63) is 58.6 Å². The zero-order valence-electron chi connectivity index (χ0n) is 18.7. The molecule has 0 bridgehead atoms. The minimum atomic E-state index is -3.73. The molecule has 0 aliphatic carbocycles. The lowest BCUT2D eigenvalue weighted by Gasteiger charge is -2.35. The second-order valence-electron chi connectivity index (χ2n) is 8.32. The summed E-state index contributed by atoms with van der Waals surface area (Å²) in [6, 6.07) is 11.8. The Morgan fingerprint density at radius 1 is 1.16 bits per heavy atom. The van der Waals surface area contributed by atoms with E-state index in [9.17, 15) is 13.2 Å². The average Bonchev–Trinajstić information content (AvgIpc) is 2.77. The number of anilines is 1. The molecular weight excluding hydrogens is 446 g/mol. The van der Waals surface area contributed by atoms with Crippen LogP contribution in [-0.2, 0) is 10.0 Å². The molecule has 2 aromatic carbocycles. The van der Waals surface area contributed by atoms with Gasteiger partial charge in [-0.3, -0.25) is 9.52 Å². The Morgan fingerprint density at radius 3 is 2.59 bits per heavy atom. The summed E-state index contributed by atoms with van der Waals surface area (Å²) in [6.07, 6.45) is 5.87. The molecule has 0 unspecified atom stereocenters. The fraction of sp³-hybridized carbons (Fsp3) is 0.458. The summed E-state index contributed by atoms with van der Waals surface area (Å²) in [6.45, 7) is 6.81. The topological polar surface area (TPSA) is 78.5 Å². The highest BCUT2D eigenvalue weighted by Gasteiger charge is 2.20. The Bertz CT molecular complexity index is 1030. The quantitative estimate of drug-likeness (QED) is 0.507. The molecular formula is C24H32ClN3O3S. The van der Waals surface area contributed by atoms with E-state index in [-0.39, 0.29) is 15.8 Å². The Balaban J connectivity index is 1.54. The number of carbonyl (C=O) groups is 1. The Morgan fingerprint density at radius 2 is 1.91 bits per heavy atom. The van der Waals surface area contributed by atoms with E-state index in [1.165, 1.54) is 31.7 Å². The number of benzene rings is 2. The van der Waals surface area contributed by atoms with Crippen LogP contribution in [0.25, 0.3) is 0 Å². The smallest absolute Gasteiger partial charge is 0.261 e. The molecule has 8 heteroatoms. The summed E-state index contributed by atoms with van der Waals surface area (Å²) >= 11 is 6.29. The lowest BCUT2D eigenvalue weighted by atomic mass is 10.00. The van der Waals surface area contributed by atoms with Gasteiger partial charge in [-0.05, 0) is 69.5 Å². The molecule has 0 radical (unpaired) electrons. The van der Waals surface area contributed by atoms with Gasteiger partial charge >= 0.3 is 0 Å². The lowest BCUT2D eigenvalue weighted by Crippen LogP contribution is -2.40. The van der Waals surface area contributed by atoms with E-state index in [4.69, 9.17) is 11.6 Å². The van der Waals surface area contributed by atoms with Crippen LogP contribution in [0, 0.1) is 6.92 Å². The highest BCUT2D eigenvalue weighted by Crippen LogP contribution is 2.24. The lowest BCUT2D eigenvalue weighted by molar-refractivity contribution is 0.0947. The summed E-state index contributed by atoms with van der Waals surface area (Å²) in [5, 5.41) is 3.12. The molecule has 6 nitrogen and oxygen atoms in total. The van der Waals surface area contributed by atoms with Gasteiger partial charge in [-0.1, -0.05) is 42.6 Å². The average molecular weight is 478 g/mol. The largest absolute Gasteiger partial charge is 0.352 e. The number of likely N-dealkylation sites (tertiary alicyclic amines) is 1. The van der Waals surface area contributed by atoms with E-state index in [1.807, 2.05) is 6.92 Å². The van der Waals surface area contributed by atoms with Gasteiger partial charge in [0.15, 0.2) is 0 Å². The monoisotopic (exact) mass is 477 g/mol. The van der Waals surface area contributed by atoms with Gasteiger partial charge in [-0.2, -0.15) is 0 Å². The van der Waals surface area contributed by atoms with Crippen molar-refractivity contribution in [3.63, 3.8) is 0 Å². The van der Waals surface area contributed by atoms with Crippen molar-refractivity contribution >= 4 is 33.2 Å². The molecule has 3 rings (SSSR count). The van der Waals surface area contributed by atoms with E-state index in [2.05, 4.69) is 21.9 Å². The fourth-order valence-corrected chi connectivity index (χ4v) is 5.41. The number of carbonyl (C=O) groups excluding carboxylic acids is 1. The minimum absolute atomic E-state index is 0.167. The van der Waals surface area contributed by atoms with Crippen LogP contribution in [0.5, 0.6) is 0 Å². The summed E-state index contributed by atoms with van der Waals surface area (Å²) < 4.78 is 27.6. The van der Waals surface area contributed by atoms with Crippen molar-refractivity contribution in [1.82, 2.24) is 10.2 Å². The number of nitrogens with one attached hydrogen (secondary N) is 2. The molecule has 0 spiro atoms. The zero-order valence-corrected chi connectivity index (χ0v) is 20.3. The highest BCUT2D eigenvalue weighted by atomic mass is 35.5. The number of amides is 1. The van der Waals surface area contributed by atoms with Gasteiger partial charge in [-0.25, -0.2) is 8.42 Å². The van der Waals surface area contributed by atoms with Crippen molar-refractivity contribution in [3.8, 4) is 0 Å².